The molecule has 0 aromatic rings. The van der Waals surface area contributed by atoms with Gasteiger partial charge in [-0.25, -0.2) is 0 Å². The largest absolute Gasteiger partial charge is 0.0654 e. The summed E-state index contributed by atoms with van der Waals surface area (Å²) in [5, 5.41) is 0. The summed E-state index contributed by atoms with van der Waals surface area (Å²) in [5.74, 6) is 0.901. The highest BCUT2D eigenvalue weighted by atomic mass is 14.1. The van der Waals surface area contributed by atoms with Crippen LogP contribution in [0.5, 0.6) is 0 Å². The highest BCUT2D eigenvalue weighted by Gasteiger charge is 2.05. The summed E-state index contributed by atoms with van der Waals surface area (Å²) in [6, 6.07) is 0. The van der Waals surface area contributed by atoms with E-state index in [2.05, 4.69) is 27.2 Å². The molecule has 0 aliphatic heterocycles. The van der Waals surface area contributed by atoms with Crippen LogP contribution in [0, 0.1) is 12.3 Å². The summed E-state index contributed by atoms with van der Waals surface area (Å²) in [5.41, 5.74) is 0. The Balaban J connectivity index is 3.26. The van der Waals surface area contributed by atoms with Crippen molar-refractivity contribution < 1.29 is 0 Å². The highest BCUT2D eigenvalue weighted by molar-refractivity contribution is 4.74. The maximum Gasteiger partial charge on any atom is -0.0355 e. The van der Waals surface area contributed by atoms with Crippen molar-refractivity contribution in [3.63, 3.8) is 0 Å². The maximum absolute atomic E-state index is 2.58. The molecule has 0 nitrogen and oxygen atoms in total. The van der Waals surface area contributed by atoms with E-state index in [-0.39, 0.29) is 0 Å². The minimum Gasteiger partial charge on any atom is -0.0654 e. The Hall–Kier alpha value is 0. The van der Waals surface area contributed by atoms with Gasteiger partial charge in [0, 0.05) is 0 Å². The third-order valence-corrected chi connectivity index (χ3v) is 3.51. The third kappa shape index (κ3) is 10.5. The van der Waals surface area contributed by atoms with Gasteiger partial charge in [0.05, 0.1) is 0 Å². The van der Waals surface area contributed by atoms with Crippen LogP contribution in [0.3, 0.4) is 0 Å². The fourth-order valence-corrected chi connectivity index (χ4v) is 2.23. The molecule has 0 rings (SSSR count). The third-order valence-electron chi connectivity index (χ3n) is 3.51. The molecule has 0 spiro atoms. The van der Waals surface area contributed by atoms with Crippen LogP contribution in [0.2, 0.25) is 0 Å². The fraction of sp³-hybridized carbons (Fsp3) is 0.938. The Morgan fingerprint density at radius 3 is 2.00 bits per heavy atom. The Morgan fingerprint density at radius 2 is 1.38 bits per heavy atom. The van der Waals surface area contributed by atoms with Gasteiger partial charge in [-0.15, -0.1) is 0 Å². The van der Waals surface area contributed by atoms with Crippen molar-refractivity contribution in [3.05, 3.63) is 6.42 Å². The Labute approximate surface area is 104 Å². The molecule has 16 heavy (non-hydrogen) atoms. The number of unbranched alkanes of at least 4 members (excludes halogenated alkanes) is 7. The summed E-state index contributed by atoms with van der Waals surface area (Å²) in [7, 11) is 0. The molecule has 0 aliphatic carbocycles. The van der Waals surface area contributed by atoms with E-state index < -0.39 is 0 Å². The topological polar surface area (TPSA) is 0 Å². The normalized spacial score (nSPS) is 12.9. The van der Waals surface area contributed by atoms with Gasteiger partial charge in [-0.2, -0.15) is 0 Å². The van der Waals surface area contributed by atoms with Gasteiger partial charge in [-0.3, -0.25) is 0 Å². The summed E-state index contributed by atoms with van der Waals surface area (Å²) >= 11 is 0. The molecule has 0 heteroatoms. The van der Waals surface area contributed by atoms with Crippen molar-refractivity contribution in [2.75, 3.05) is 0 Å². The average Bonchev–Trinajstić information content (AvgIpc) is 2.31. The van der Waals surface area contributed by atoms with Crippen LogP contribution in [0.4, 0.5) is 0 Å². The van der Waals surface area contributed by atoms with Gasteiger partial charge in [0.1, 0.15) is 0 Å². The van der Waals surface area contributed by atoms with Crippen molar-refractivity contribution in [3.8, 4) is 0 Å². The highest BCUT2D eigenvalue weighted by Crippen LogP contribution is 2.20. The van der Waals surface area contributed by atoms with E-state index in [9.17, 15) is 0 Å². The van der Waals surface area contributed by atoms with Crippen LogP contribution >= 0.6 is 0 Å². The van der Waals surface area contributed by atoms with E-state index in [0.29, 0.717) is 0 Å². The zero-order valence-electron chi connectivity index (χ0n) is 11.9. The van der Waals surface area contributed by atoms with Crippen LogP contribution in [-0.2, 0) is 0 Å². The fourth-order valence-electron chi connectivity index (χ4n) is 2.23. The molecule has 0 aromatic heterocycles. The van der Waals surface area contributed by atoms with E-state index in [0.717, 1.165) is 5.92 Å². The van der Waals surface area contributed by atoms with Crippen LogP contribution < -0.4 is 0 Å². The van der Waals surface area contributed by atoms with Gasteiger partial charge in [-0.05, 0) is 18.8 Å². The maximum atomic E-state index is 2.58. The first-order valence-corrected chi connectivity index (χ1v) is 7.68. The Morgan fingerprint density at radius 1 is 0.750 bits per heavy atom. The zero-order valence-corrected chi connectivity index (χ0v) is 11.9. The molecule has 1 atom stereocenters. The van der Waals surface area contributed by atoms with Crippen molar-refractivity contribution in [2.45, 2.75) is 91.4 Å². The molecule has 1 radical (unpaired) electrons. The lowest BCUT2D eigenvalue weighted by atomic mass is 9.92. The molecule has 0 N–H and O–H groups in total. The molecule has 97 valence electrons. The molecule has 0 aliphatic rings. The Kier molecular flexibility index (Phi) is 13.1. The smallest absolute Gasteiger partial charge is 0.0355 e. The minimum absolute atomic E-state index is 0.901. The first-order valence-electron chi connectivity index (χ1n) is 7.68. The van der Waals surface area contributed by atoms with E-state index in [1.54, 1.807) is 0 Å². The second-order valence-corrected chi connectivity index (χ2v) is 5.10. The number of hydrogen-bond donors (Lipinski definition) is 0. The minimum atomic E-state index is 0.901. The Bertz CT molecular complexity index is 117. The molecule has 0 heterocycles. The van der Waals surface area contributed by atoms with E-state index in [1.165, 1.54) is 70.6 Å². The predicted octanol–water partition coefficient (Wildman–Crippen LogP) is 6.16. The van der Waals surface area contributed by atoms with Crippen molar-refractivity contribution in [1.29, 1.82) is 0 Å². The summed E-state index contributed by atoms with van der Waals surface area (Å²) in [6.07, 6.45) is 18.0. The molecular weight excluding hydrogens is 192 g/mol. The monoisotopic (exact) mass is 225 g/mol. The van der Waals surface area contributed by atoms with E-state index in [4.69, 9.17) is 0 Å². The molecule has 0 bridgehead atoms. The predicted molar refractivity (Wildman–Crippen MR) is 75.6 cm³/mol. The van der Waals surface area contributed by atoms with Gasteiger partial charge >= 0.3 is 0 Å². The lowest BCUT2D eigenvalue weighted by molar-refractivity contribution is 0.470. The van der Waals surface area contributed by atoms with Crippen LogP contribution in [-0.4, -0.2) is 0 Å². The molecule has 1 unspecified atom stereocenters. The summed E-state index contributed by atoms with van der Waals surface area (Å²) in [4.78, 5) is 0. The van der Waals surface area contributed by atoms with Gasteiger partial charge in [0.2, 0.25) is 0 Å². The first-order chi connectivity index (χ1) is 7.85. The van der Waals surface area contributed by atoms with Gasteiger partial charge in [0.25, 0.3) is 0 Å². The van der Waals surface area contributed by atoms with Crippen LogP contribution in [0.15, 0.2) is 0 Å². The quantitative estimate of drug-likeness (QED) is 0.349. The van der Waals surface area contributed by atoms with Gasteiger partial charge < -0.3 is 0 Å². The van der Waals surface area contributed by atoms with Crippen molar-refractivity contribution >= 4 is 0 Å². The molecule has 0 saturated heterocycles. The number of rotatable bonds is 12. The van der Waals surface area contributed by atoms with Crippen molar-refractivity contribution in [2.24, 2.45) is 5.92 Å². The second-order valence-electron chi connectivity index (χ2n) is 5.10. The van der Waals surface area contributed by atoms with Crippen LogP contribution in [0.1, 0.15) is 91.4 Å². The molecule has 0 amide bonds. The second kappa shape index (κ2) is 13.1. The van der Waals surface area contributed by atoms with Gasteiger partial charge in [0.15, 0.2) is 0 Å². The van der Waals surface area contributed by atoms with Crippen LogP contribution in [0.25, 0.3) is 0 Å². The zero-order chi connectivity index (χ0) is 12.1. The number of hydrogen-bond acceptors (Lipinski definition) is 0. The standard InChI is InChI=1S/C16H33/c1-4-7-9-10-11-13-15-16(6-3)14-12-8-5-2/h14,16H,4-13,15H2,1-3H3. The molecule has 0 aromatic carbocycles. The van der Waals surface area contributed by atoms with Crippen molar-refractivity contribution in [1.82, 2.24) is 0 Å². The lowest BCUT2D eigenvalue weighted by Gasteiger charge is -2.13. The lowest BCUT2D eigenvalue weighted by Crippen LogP contribution is -2.00. The molecule has 0 saturated carbocycles. The van der Waals surface area contributed by atoms with Gasteiger partial charge in [-0.1, -0.05) is 85.0 Å². The average molecular weight is 225 g/mol. The molecule has 0 fully saturated rings. The summed E-state index contributed by atoms with van der Waals surface area (Å²) in [6.45, 7) is 6.91. The van der Waals surface area contributed by atoms with E-state index in [1.807, 2.05) is 0 Å². The first kappa shape index (κ1) is 16.0. The SMILES string of the molecule is CCCC[CH]C(CC)CCCCCCCC. The summed E-state index contributed by atoms with van der Waals surface area (Å²) < 4.78 is 0. The van der Waals surface area contributed by atoms with E-state index >= 15 is 0 Å². The molecular formula is C16H33.